The molecule has 4 rings (SSSR count). The van der Waals surface area contributed by atoms with Crippen LogP contribution in [-0.2, 0) is 15.7 Å². The van der Waals surface area contributed by atoms with Crippen LogP contribution >= 0.6 is 0 Å². The molecule has 5 nitrogen and oxygen atoms in total. The van der Waals surface area contributed by atoms with Gasteiger partial charge < -0.3 is 14.5 Å². The molecule has 8 heteroatoms. The summed E-state index contributed by atoms with van der Waals surface area (Å²) in [4.78, 5) is 19.8. The van der Waals surface area contributed by atoms with Gasteiger partial charge in [-0.15, -0.1) is 0 Å². The number of hydrogen-bond donors (Lipinski definition) is 0. The van der Waals surface area contributed by atoms with Gasteiger partial charge in [-0.25, -0.2) is 4.98 Å². The van der Waals surface area contributed by atoms with Gasteiger partial charge in [0, 0.05) is 32.1 Å². The molecule has 2 aliphatic heterocycles. The smallest absolute Gasteiger partial charge is 0.416 e. The molecule has 0 spiro atoms. The number of anilines is 2. The van der Waals surface area contributed by atoms with E-state index in [2.05, 4.69) is 4.98 Å². The van der Waals surface area contributed by atoms with Crippen molar-refractivity contribution in [3.8, 4) is 0 Å². The van der Waals surface area contributed by atoms with E-state index in [0.29, 0.717) is 48.9 Å². The minimum absolute atomic E-state index is 0.218. The van der Waals surface area contributed by atoms with Gasteiger partial charge in [-0.1, -0.05) is 0 Å². The molecule has 1 saturated carbocycles. The maximum atomic E-state index is 13.3. The van der Waals surface area contributed by atoms with Crippen molar-refractivity contribution in [2.75, 3.05) is 36.5 Å². The lowest BCUT2D eigenvalue weighted by Crippen LogP contribution is -2.46. The topological polar surface area (TPSA) is 45.7 Å². The Kier molecular flexibility index (Phi) is 4.04. The molecule has 4 atom stereocenters. The minimum atomic E-state index is -4.39. The standard InChI is InChI=1S/C18H22F3N3O2/c1-10-3-4-24(10)16-6-11(18(19,20)21)5-15(22-16)23-8-13-12(14(13)9-23)7-17(25)26-2/h5-6,10,12-14H,3-4,7-9H2,1-2H3/t10-,12?,13-,14+/m0/s1. The number of halogens is 3. The fraction of sp³-hybridized carbons (Fsp3) is 0.667. The van der Waals surface area contributed by atoms with E-state index in [1.54, 1.807) is 0 Å². The van der Waals surface area contributed by atoms with Crippen molar-refractivity contribution in [1.82, 2.24) is 4.98 Å². The first kappa shape index (κ1) is 17.4. The SMILES string of the molecule is COC(=O)CC1[C@H]2CN(c3cc(C(F)(F)F)cc(N4CC[C@@H]4C)n3)C[C@@H]12. The van der Waals surface area contributed by atoms with Crippen molar-refractivity contribution in [1.29, 1.82) is 0 Å². The number of carbonyl (C=O) groups excluding carboxylic acids is 1. The van der Waals surface area contributed by atoms with E-state index in [9.17, 15) is 18.0 Å². The second kappa shape index (κ2) is 6.03. The summed E-state index contributed by atoms with van der Waals surface area (Å²) in [6.07, 6.45) is -3.03. The minimum Gasteiger partial charge on any atom is -0.469 e. The van der Waals surface area contributed by atoms with Gasteiger partial charge in [0.1, 0.15) is 11.6 Å². The highest BCUT2D eigenvalue weighted by Gasteiger charge is 2.56. The van der Waals surface area contributed by atoms with Crippen LogP contribution in [-0.4, -0.2) is 43.7 Å². The van der Waals surface area contributed by atoms with Gasteiger partial charge in [0.25, 0.3) is 0 Å². The molecule has 3 heterocycles. The first-order valence-electron chi connectivity index (χ1n) is 8.95. The number of nitrogens with zero attached hydrogens (tertiary/aromatic N) is 3. The zero-order valence-electron chi connectivity index (χ0n) is 14.8. The molecule has 0 N–H and O–H groups in total. The summed E-state index contributed by atoms with van der Waals surface area (Å²) < 4.78 is 44.7. The summed E-state index contributed by atoms with van der Waals surface area (Å²) in [7, 11) is 1.37. The van der Waals surface area contributed by atoms with E-state index in [0.717, 1.165) is 25.1 Å². The normalized spacial score (nSPS) is 30.0. The Hall–Kier alpha value is -1.99. The lowest BCUT2D eigenvalue weighted by Gasteiger charge is -2.40. The molecule has 1 aromatic rings. The quantitative estimate of drug-likeness (QED) is 0.764. The van der Waals surface area contributed by atoms with Crippen LogP contribution < -0.4 is 9.80 Å². The molecule has 3 aliphatic rings. The summed E-state index contributed by atoms with van der Waals surface area (Å²) in [6, 6.07) is 2.51. The molecule has 0 radical (unpaired) electrons. The number of piperidine rings is 1. The zero-order valence-corrected chi connectivity index (χ0v) is 14.8. The second-order valence-corrected chi connectivity index (χ2v) is 7.58. The number of methoxy groups -OCH3 is 1. The summed E-state index contributed by atoms with van der Waals surface area (Å²) >= 11 is 0. The predicted octanol–water partition coefficient (Wildman–Crippen LogP) is 2.94. The molecule has 0 bridgehead atoms. The Bertz CT molecular complexity index is 712. The number of esters is 1. The van der Waals surface area contributed by atoms with Gasteiger partial charge >= 0.3 is 12.1 Å². The summed E-state index contributed by atoms with van der Waals surface area (Å²) in [5.41, 5.74) is -0.650. The third kappa shape index (κ3) is 2.99. The summed E-state index contributed by atoms with van der Waals surface area (Å²) in [5, 5.41) is 0. The molecule has 1 aromatic heterocycles. The van der Waals surface area contributed by atoms with Gasteiger partial charge in [0.15, 0.2) is 0 Å². The molecule has 0 amide bonds. The van der Waals surface area contributed by atoms with Crippen molar-refractivity contribution in [2.24, 2.45) is 17.8 Å². The molecular weight excluding hydrogens is 347 g/mol. The molecule has 26 heavy (non-hydrogen) atoms. The third-order valence-corrected chi connectivity index (χ3v) is 6.07. The second-order valence-electron chi connectivity index (χ2n) is 7.58. The van der Waals surface area contributed by atoms with Crippen LogP contribution in [0.1, 0.15) is 25.3 Å². The highest BCUT2D eigenvalue weighted by Crippen LogP contribution is 2.54. The molecular formula is C18H22F3N3O2. The number of ether oxygens (including phenoxy) is 1. The van der Waals surface area contributed by atoms with Crippen molar-refractivity contribution >= 4 is 17.6 Å². The molecule has 3 fully saturated rings. The van der Waals surface area contributed by atoms with E-state index >= 15 is 0 Å². The van der Waals surface area contributed by atoms with Crippen molar-refractivity contribution in [3.05, 3.63) is 17.7 Å². The van der Waals surface area contributed by atoms with Crippen LogP contribution in [0.5, 0.6) is 0 Å². The Balaban J connectivity index is 1.52. The van der Waals surface area contributed by atoms with E-state index in [1.807, 2.05) is 16.7 Å². The average molecular weight is 369 g/mol. The zero-order chi connectivity index (χ0) is 18.6. The van der Waals surface area contributed by atoms with E-state index in [1.165, 1.54) is 7.11 Å². The first-order chi connectivity index (χ1) is 12.3. The first-order valence-corrected chi connectivity index (χ1v) is 8.95. The Labute approximate surface area is 150 Å². The number of aromatic nitrogens is 1. The largest absolute Gasteiger partial charge is 0.469 e. The van der Waals surface area contributed by atoms with Crippen molar-refractivity contribution < 1.29 is 22.7 Å². The lowest BCUT2D eigenvalue weighted by molar-refractivity contribution is -0.141. The van der Waals surface area contributed by atoms with E-state index in [-0.39, 0.29) is 12.0 Å². The maximum Gasteiger partial charge on any atom is 0.416 e. The lowest BCUT2D eigenvalue weighted by atomic mass is 10.1. The predicted molar refractivity (Wildman–Crippen MR) is 90.0 cm³/mol. The number of pyridine rings is 1. The Morgan fingerprint density at radius 1 is 1.27 bits per heavy atom. The molecule has 142 valence electrons. The van der Waals surface area contributed by atoms with Crippen LogP contribution in [0.15, 0.2) is 12.1 Å². The highest BCUT2D eigenvalue weighted by atomic mass is 19.4. The molecule has 1 unspecified atom stereocenters. The van der Waals surface area contributed by atoms with Gasteiger partial charge in [-0.3, -0.25) is 4.79 Å². The van der Waals surface area contributed by atoms with Gasteiger partial charge in [-0.2, -0.15) is 13.2 Å². The molecule has 0 aromatic carbocycles. The van der Waals surface area contributed by atoms with Crippen LogP contribution in [0.4, 0.5) is 24.8 Å². The molecule has 2 saturated heterocycles. The highest BCUT2D eigenvalue weighted by molar-refractivity contribution is 5.70. The van der Waals surface area contributed by atoms with Gasteiger partial charge in [0.05, 0.1) is 12.7 Å². The average Bonchev–Trinajstić information content (AvgIpc) is 3.02. The van der Waals surface area contributed by atoms with Crippen LogP contribution in [0.2, 0.25) is 0 Å². The summed E-state index contributed by atoms with van der Waals surface area (Å²) in [6.45, 7) is 4.03. The monoisotopic (exact) mass is 369 g/mol. The molecule has 1 aliphatic carbocycles. The van der Waals surface area contributed by atoms with E-state index in [4.69, 9.17) is 4.74 Å². The third-order valence-electron chi connectivity index (χ3n) is 6.07. The van der Waals surface area contributed by atoms with Crippen molar-refractivity contribution in [2.45, 2.75) is 32.0 Å². The van der Waals surface area contributed by atoms with Gasteiger partial charge in [0.2, 0.25) is 0 Å². The van der Waals surface area contributed by atoms with Crippen molar-refractivity contribution in [3.63, 3.8) is 0 Å². The van der Waals surface area contributed by atoms with E-state index < -0.39 is 11.7 Å². The number of carbonyl (C=O) groups is 1. The van der Waals surface area contributed by atoms with Crippen LogP contribution in [0.25, 0.3) is 0 Å². The fourth-order valence-corrected chi connectivity index (χ4v) is 4.25. The fourth-order valence-electron chi connectivity index (χ4n) is 4.25. The Morgan fingerprint density at radius 2 is 1.92 bits per heavy atom. The number of fused-ring (bicyclic) bond motifs is 1. The number of alkyl halides is 3. The maximum absolute atomic E-state index is 13.3. The summed E-state index contributed by atoms with van der Waals surface area (Å²) in [5.74, 6) is 1.55. The van der Waals surface area contributed by atoms with Crippen LogP contribution in [0, 0.1) is 17.8 Å². The number of hydrogen-bond acceptors (Lipinski definition) is 5. The Morgan fingerprint density at radius 3 is 2.42 bits per heavy atom. The number of rotatable bonds is 4. The van der Waals surface area contributed by atoms with Gasteiger partial charge in [-0.05, 0) is 43.2 Å². The van der Waals surface area contributed by atoms with Crippen LogP contribution in [0.3, 0.4) is 0 Å².